The van der Waals surface area contributed by atoms with Crippen LogP contribution in [0.4, 0.5) is 0 Å². The van der Waals surface area contributed by atoms with Gasteiger partial charge in [-0.3, -0.25) is 9.69 Å². The largest absolute Gasteiger partial charge is 0.496 e. The van der Waals surface area contributed by atoms with Gasteiger partial charge in [0.25, 0.3) is 5.91 Å². The van der Waals surface area contributed by atoms with Crippen LogP contribution in [0.15, 0.2) is 42.5 Å². The van der Waals surface area contributed by atoms with Crippen LogP contribution in [0, 0.1) is 6.92 Å². The number of nitrogens with zero attached hydrogens (tertiary/aromatic N) is 1. The van der Waals surface area contributed by atoms with Gasteiger partial charge in [0.15, 0.2) is 0 Å². The Morgan fingerprint density at radius 1 is 1.04 bits per heavy atom. The molecule has 1 saturated heterocycles. The molecule has 2 aromatic rings. The Morgan fingerprint density at radius 2 is 1.73 bits per heavy atom. The highest BCUT2D eigenvalue weighted by Gasteiger charge is 2.13. The van der Waals surface area contributed by atoms with Crippen LogP contribution in [-0.4, -0.2) is 31.0 Å². The number of benzene rings is 2. The van der Waals surface area contributed by atoms with Gasteiger partial charge in [0, 0.05) is 13.1 Å². The SMILES string of the molecule is COc1ccc(C)cc1C(=O)NCc1ccc(CN2CCCCC2)cc1. The number of likely N-dealkylation sites (tertiary alicyclic amines) is 1. The van der Waals surface area contributed by atoms with E-state index in [0.717, 1.165) is 17.7 Å². The summed E-state index contributed by atoms with van der Waals surface area (Å²) < 4.78 is 5.30. The standard InChI is InChI=1S/C22H28N2O2/c1-17-6-11-21(26-2)20(14-17)22(25)23-15-18-7-9-19(10-8-18)16-24-12-4-3-5-13-24/h6-11,14H,3-5,12-13,15-16H2,1-2H3,(H,23,25). The Kier molecular flexibility index (Phi) is 6.29. The first-order chi connectivity index (χ1) is 12.7. The number of methoxy groups -OCH3 is 1. The van der Waals surface area contributed by atoms with Gasteiger partial charge in [-0.2, -0.15) is 0 Å². The fourth-order valence-corrected chi connectivity index (χ4v) is 3.42. The monoisotopic (exact) mass is 352 g/mol. The third kappa shape index (κ3) is 4.85. The summed E-state index contributed by atoms with van der Waals surface area (Å²) in [5.74, 6) is 0.493. The van der Waals surface area contributed by atoms with Crippen LogP contribution < -0.4 is 10.1 Å². The van der Waals surface area contributed by atoms with E-state index in [1.165, 1.54) is 37.9 Å². The van der Waals surface area contributed by atoms with Crippen LogP contribution >= 0.6 is 0 Å². The smallest absolute Gasteiger partial charge is 0.255 e. The van der Waals surface area contributed by atoms with E-state index >= 15 is 0 Å². The van der Waals surface area contributed by atoms with E-state index in [2.05, 4.69) is 34.5 Å². The quantitative estimate of drug-likeness (QED) is 0.857. The Balaban J connectivity index is 1.56. The number of piperidine rings is 1. The molecule has 1 aliphatic rings. The zero-order chi connectivity index (χ0) is 18.4. The molecule has 1 aliphatic heterocycles. The average Bonchev–Trinajstić information content (AvgIpc) is 2.68. The van der Waals surface area contributed by atoms with Gasteiger partial charge in [0.05, 0.1) is 12.7 Å². The molecule has 138 valence electrons. The van der Waals surface area contributed by atoms with Crippen LogP contribution in [0.25, 0.3) is 0 Å². The van der Waals surface area contributed by atoms with E-state index in [1.807, 2.05) is 25.1 Å². The highest BCUT2D eigenvalue weighted by atomic mass is 16.5. The van der Waals surface area contributed by atoms with Gasteiger partial charge < -0.3 is 10.1 Å². The molecule has 1 fully saturated rings. The minimum absolute atomic E-state index is 0.108. The lowest BCUT2D eigenvalue weighted by atomic mass is 10.1. The molecule has 2 aromatic carbocycles. The third-order valence-electron chi connectivity index (χ3n) is 4.93. The van der Waals surface area contributed by atoms with Gasteiger partial charge in [-0.25, -0.2) is 0 Å². The fourth-order valence-electron chi connectivity index (χ4n) is 3.42. The van der Waals surface area contributed by atoms with Crippen LogP contribution in [0.2, 0.25) is 0 Å². The van der Waals surface area contributed by atoms with Gasteiger partial charge >= 0.3 is 0 Å². The van der Waals surface area contributed by atoms with Crippen molar-refractivity contribution in [3.05, 3.63) is 64.7 Å². The molecular formula is C22H28N2O2. The van der Waals surface area contributed by atoms with E-state index < -0.39 is 0 Å². The zero-order valence-electron chi connectivity index (χ0n) is 15.8. The van der Waals surface area contributed by atoms with Gasteiger partial charge in [-0.05, 0) is 56.1 Å². The van der Waals surface area contributed by atoms with E-state index in [4.69, 9.17) is 4.74 Å². The molecule has 0 atom stereocenters. The molecule has 0 aliphatic carbocycles. The van der Waals surface area contributed by atoms with Crippen LogP contribution in [0.5, 0.6) is 5.75 Å². The Morgan fingerprint density at radius 3 is 2.42 bits per heavy atom. The highest BCUT2D eigenvalue weighted by Crippen LogP contribution is 2.19. The maximum absolute atomic E-state index is 12.5. The molecule has 0 saturated carbocycles. The molecule has 0 bridgehead atoms. The molecule has 0 spiro atoms. The number of carbonyl (C=O) groups is 1. The minimum Gasteiger partial charge on any atom is -0.496 e. The summed E-state index contributed by atoms with van der Waals surface area (Å²) in [5.41, 5.74) is 4.06. The van der Waals surface area contributed by atoms with Crippen molar-refractivity contribution in [2.24, 2.45) is 0 Å². The Labute approximate surface area is 156 Å². The normalized spacial score (nSPS) is 14.8. The van der Waals surface area contributed by atoms with Crippen molar-refractivity contribution < 1.29 is 9.53 Å². The van der Waals surface area contributed by atoms with Crippen molar-refractivity contribution in [3.63, 3.8) is 0 Å². The number of hydrogen-bond acceptors (Lipinski definition) is 3. The van der Waals surface area contributed by atoms with Crippen LogP contribution in [0.3, 0.4) is 0 Å². The summed E-state index contributed by atoms with van der Waals surface area (Å²) in [5, 5.41) is 2.99. The number of rotatable bonds is 6. The summed E-state index contributed by atoms with van der Waals surface area (Å²) in [6, 6.07) is 14.2. The lowest BCUT2D eigenvalue weighted by molar-refractivity contribution is 0.0948. The van der Waals surface area contributed by atoms with Crippen LogP contribution in [-0.2, 0) is 13.1 Å². The average molecular weight is 352 g/mol. The van der Waals surface area contributed by atoms with Crippen molar-refractivity contribution in [1.82, 2.24) is 10.2 Å². The second-order valence-corrected chi connectivity index (χ2v) is 7.04. The number of nitrogens with one attached hydrogen (secondary N) is 1. The van der Waals surface area contributed by atoms with Crippen molar-refractivity contribution in [2.45, 2.75) is 39.3 Å². The number of carbonyl (C=O) groups excluding carboxylic acids is 1. The number of hydrogen-bond donors (Lipinski definition) is 1. The maximum atomic E-state index is 12.5. The lowest BCUT2D eigenvalue weighted by Crippen LogP contribution is -2.29. The molecule has 26 heavy (non-hydrogen) atoms. The first kappa shape index (κ1) is 18.5. The summed E-state index contributed by atoms with van der Waals surface area (Å²) in [7, 11) is 1.59. The first-order valence-corrected chi connectivity index (χ1v) is 9.39. The predicted molar refractivity (Wildman–Crippen MR) is 104 cm³/mol. The molecular weight excluding hydrogens is 324 g/mol. The summed E-state index contributed by atoms with van der Waals surface area (Å²) in [4.78, 5) is 15.0. The number of aryl methyl sites for hydroxylation is 1. The van der Waals surface area contributed by atoms with E-state index in [0.29, 0.717) is 17.9 Å². The summed E-state index contributed by atoms with van der Waals surface area (Å²) in [6.45, 7) is 5.91. The van der Waals surface area contributed by atoms with Crippen molar-refractivity contribution in [3.8, 4) is 5.75 Å². The number of amides is 1. The van der Waals surface area contributed by atoms with E-state index in [-0.39, 0.29) is 5.91 Å². The molecule has 4 heteroatoms. The lowest BCUT2D eigenvalue weighted by Gasteiger charge is -2.26. The van der Waals surface area contributed by atoms with Crippen molar-refractivity contribution in [1.29, 1.82) is 0 Å². The minimum atomic E-state index is -0.108. The maximum Gasteiger partial charge on any atom is 0.255 e. The summed E-state index contributed by atoms with van der Waals surface area (Å²) >= 11 is 0. The predicted octanol–water partition coefficient (Wildman–Crippen LogP) is 3.92. The van der Waals surface area contributed by atoms with Crippen LogP contribution in [0.1, 0.15) is 46.3 Å². The number of ether oxygens (including phenoxy) is 1. The highest BCUT2D eigenvalue weighted by molar-refractivity contribution is 5.97. The Hall–Kier alpha value is -2.33. The Bertz CT molecular complexity index is 734. The second-order valence-electron chi connectivity index (χ2n) is 7.04. The molecule has 3 rings (SSSR count). The van der Waals surface area contributed by atoms with Gasteiger partial charge in [-0.1, -0.05) is 42.3 Å². The first-order valence-electron chi connectivity index (χ1n) is 9.39. The van der Waals surface area contributed by atoms with Gasteiger partial charge in [-0.15, -0.1) is 0 Å². The fraction of sp³-hybridized carbons (Fsp3) is 0.409. The molecule has 0 radical (unpaired) electrons. The van der Waals surface area contributed by atoms with Crippen molar-refractivity contribution in [2.75, 3.05) is 20.2 Å². The molecule has 0 unspecified atom stereocenters. The molecule has 4 nitrogen and oxygen atoms in total. The topological polar surface area (TPSA) is 41.6 Å². The zero-order valence-corrected chi connectivity index (χ0v) is 15.8. The molecule has 1 amide bonds. The molecule has 0 aromatic heterocycles. The molecule has 1 N–H and O–H groups in total. The van der Waals surface area contributed by atoms with Gasteiger partial charge in [0.2, 0.25) is 0 Å². The van der Waals surface area contributed by atoms with Crippen molar-refractivity contribution >= 4 is 5.91 Å². The van der Waals surface area contributed by atoms with Gasteiger partial charge in [0.1, 0.15) is 5.75 Å². The summed E-state index contributed by atoms with van der Waals surface area (Å²) in [6.07, 6.45) is 3.99. The van der Waals surface area contributed by atoms with E-state index in [1.54, 1.807) is 7.11 Å². The third-order valence-corrected chi connectivity index (χ3v) is 4.93. The molecule has 1 heterocycles. The van der Waals surface area contributed by atoms with E-state index in [9.17, 15) is 4.79 Å². The second kappa shape index (κ2) is 8.86.